The van der Waals surface area contributed by atoms with Crippen molar-refractivity contribution >= 4 is 0 Å². The lowest BCUT2D eigenvalue weighted by molar-refractivity contribution is 0.0935. The summed E-state index contributed by atoms with van der Waals surface area (Å²) in [6.07, 6.45) is 5.30. The molecule has 0 bridgehead atoms. The van der Waals surface area contributed by atoms with Crippen molar-refractivity contribution in [1.82, 2.24) is 4.90 Å². The zero-order chi connectivity index (χ0) is 12.3. The Balaban J connectivity index is 2.22. The van der Waals surface area contributed by atoms with E-state index in [4.69, 9.17) is 10.00 Å². The molecule has 1 unspecified atom stereocenters. The summed E-state index contributed by atoms with van der Waals surface area (Å²) in [5, 5.41) is 8.43. The summed E-state index contributed by atoms with van der Waals surface area (Å²) in [5.74, 6) is 6.35. The number of rotatable bonds is 5. The van der Waals surface area contributed by atoms with Crippen molar-refractivity contribution in [2.24, 2.45) is 0 Å². The molecule has 1 heterocycles. The molecule has 0 aromatic rings. The van der Waals surface area contributed by atoms with Crippen molar-refractivity contribution in [3.05, 3.63) is 0 Å². The number of piperidine rings is 1. The maximum absolute atomic E-state index is 8.43. The van der Waals surface area contributed by atoms with Gasteiger partial charge in [-0.1, -0.05) is 25.2 Å². The largest absolute Gasteiger partial charge is 0.364 e. The topological polar surface area (TPSA) is 36.3 Å². The smallest absolute Gasteiger partial charge is 0.118 e. The van der Waals surface area contributed by atoms with Crippen LogP contribution in [0.1, 0.15) is 39.0 Å². The molecule has 1 rings (SSSR count). The van der Waals surface area contributed by atoms with Gasteiger partial charge in [0.05, 0.1) is 25.6 Å². The van der Waals surface area contributed by atoms with Crippen LogP contribution in [-0.4, -0.2) is 37.2 Å². The van der Waals surface area contributed by atoms with E-state index in [0.29, 0.717) is 13.0 Å². The molecule has 0 aromatic carbocycles. The molecule has 1 saturated heterocycles. The number of ether oxygens (including phenoxy) is 1. The molecule has 0 radical (unpaired) electrons. The molecule has 3 nitrogen and oxygen atoms in total. The highest BCUT2D eigenvalue weighted by molar-refractivity contribution is 5.06. The van der Waals surface area contributed by atoms with Crippen molar-refractivity contribution in [3.63, 3.8) is 0 Å². The van der Waals surface area contributed by atoms with Gasteiger partial charge in [0.15, 0.2) is 0 Å². The Kier molecular flexibility index (Phi) is 7.47. The molecule has 0 aromatic heterocycles. The number of likely N-dealkylation sites (tertiary alicyclic amines) is 1. The molecule has 0 amide bonds. The molecule has 0 aliphatic carbocycles. The predicted molar refractivity (Wildman–Crippen MR) is 68.3 cm³/mol. The van der Waals surface area contributed by atoms with E-state index in [1.807, 2.05) is 0 Å². The van der Waals surface area contributed by atoms with Gasteiger partial charge in [-0.15, -0.1) is 0 Å². The predicted octanol–water partition coefficient (Wildman–Crippen LogP) is 2.18. The third kappa shape index (κ3) is 6.31. The molecule has 0 saturated carbocycles. The summed E-state index contributed by atoms with van der Waals surface area (Å²) in [5.41, 5.74) is 0. The lowest BCUT2D eigenvalue weighted by atomic mass is 10.1. The van der Waals surface area contributed by atoms with E-state index in [1.165, 1.54) is 32.4 Å². The van der Waals surface area contributed by atoms with Crippen LogP contribution >= 0.6 is 0 Å². The lowest BCUT2D eigenvalue weighted by Crippen LogP contribution is -2.30. The van der Waals surface area contributed by atoms with Crippen LogP contribution in [0.15, 0.2) is 0 Å². The van der Waals surface area contributed by atoms with Crippen LogP contribution in [0.25, 0.3) is 0 Å². The van der Waals surface area contributed by atoms with Crippen molar-refractivity contribution in [1.29, 1.82) is 5.26 Å². The van der Waals surface area contributed by atoms with E-state index in [-0.39, 0.29) is 6.10 Å². The first-order valence-electron chi connectivity index (χ1n) is 6.56. The average molecular weight is 234 g/mol. The molecule has 17 heavy (non-hydrogen) atoms. The Bertz CT molecular complexity index is 292. The second kappa shape index (κ2) is 9.05. The monoisotopic (exact) mass is 234 g/mol. The van der Waals surface area contributed by atoms with E-state index in [2.05, 4.69) is 29.7 Å². The first kappa shape index (κ1) is 14.0. The molecule has 1 fully saturated rings. The molecule has 0 spiro atoms. The fourth-order valence-corrected chi connectivity index (χ4v) is 1.90. The van der Waals surface area contributed by atoms with Gasteiger partial charge in [0, 0.05) is 0 Å². The van der Waals surface area contributed by atoms with Crippen molar-refractivity contribution in [2.45, 2.75) is 45.1 Å². The normalized spacial score (nSPS) is 17.9. The second-order valence-corrected chi connectivity index (χ2v) is 4.33. The van der Waals surface area contributed by atoms with Gasteiger partial charge in [-0.2, -0.15) is 5.26 Å². The first-order chi connectivity index (χ1) is 8.36. The highest BCUT2D eigenvalue weighted by Gasteiger charge is 2.08. The number of nitrogens with zero attached hydrogens (tertiary/aromatic N) is 2. The number of hydrogen-bond acceptors (Lipinski definition) is 3. The molecule has 3 heteroatoms. The fourth-order valence-electron chi connectivity index (χ4n) is 1.90. The molecule has 94 valence electrons. The van der Waals surface area contributed by atoms with Gasteiger partial charge in [-0.25, -0.2) is 0 Å². The Labute approximate surface area is 105 Å². The van der Waals surface area contributed by atoms with Gasteiger partial charge >= 0.3 is 0 Å². The summed E-state index contributed by atoms with van der Waals surface area (Å²) in [4.78, 5) is 2.40. The van der Waals surface area contributed by atoms with Crippen LogP contribution in [0.4, 0.5) is 0 Å². The molecule has 1 aliphatic rings. The number of nitriles is 1. The van der Waals surface area contributed by atoms with Crippen LogP contribution < -0.4 is 0 Å². The highest BCUT2D eigenvalue weighted by Crippen LogP contribution is 2.07. The van der Waals surface area contributed by atoms with Gasteiger partial charge in [0.2, 0.25) is 0 Å². The Morgan fingerprint density at radius 2 is 2.06 bits per heavy atom. The van der Waals surface area contributed by atoms with E-state index in [1.54, 1.807) is 0 Å². The molecular weight excluding hydrogens is 212 g/mol. The van der Waals surface area contributed by atoms with Crippen molar-refractivity contribution < 1.29 is 4.74 Å². The zero-order valence-corrected chi connectivity index (χ0v) is 10.7. The number of hydrogen-bond donors (Lipinski definition) is 0. The van der Waals surface area contributed by atoms with Gasteiger partial charge in [-0.3, -0.25) is 4.90 Å². The van der Waals surface area contributed by atoms with Gasteiger partial charge in [0.25, 0.3) is 0 Å². The Morgan fingerprint density at radius 1 is 1.29 bits per heavy atom. The molecule has 1 aliphatic heterocycles. The molecule has 0 N–H and O–H groups in total. The Morgan fingerprint density at radius 3 is 2.71 bits per heavy atom. The van der Waals surface area contributed by atoms with Crippen LogP contribution in [0.2, 0.25) is 0 Å². The average Bonchev–Trinajstić information content (AvgIpc) is 2.38. The fraction of sp³-hybridized carbons (Fsp3) is 0.786. The van der Waals surface area contributed by atoms with E-state index in [0.717, 1.165) is 13.0 Å². The second-order valence-electron chi connectivity index (χ2n) is 4.33. The first-order valence-corrected chi connectivity index (χ1v) is 6.56. The Hall–Kier alpha value is -1.03. The minimum atomic E-state index is -0.00635. The quantitative estimate of drug-likeness (QED) is 0.540. The van der Waals surface area contributed by atoms with Gasteiger partial charge < -0.3 is 4.74 Å². The SMILES string of the molecule is CCC(C#CCN1CCCCC1)OCCC#N. The standard InChI is InChI=1S/C14H22N2O/c1-2-14(17-13-7-9-15)8-6-12-16-10-4-3-5-11-16/h14H,2-5,7,10-13H2,1H3. The van der Waals surface area contributed by atoms with Gasteiger partial charge in [0.1, 0.15) is 6.10 Å². The van der Waals surface area contributed by atoms with E-state index < -0.39 is 0 Å². The lowest BCUT2D eigenvalue weighted by Gasteiger charge is -2.23. The minimum Gasteiger partial charge on any atom is -0.364 e. The summed E-state index contributed by atoms with van der Waals surface area (Å²) in [6, 6.07) is 2.07. The van der Waals surface area contributed by atoms with Crippen LogP contribution in [0.5, 0.6) is 0 Å². The molecule has 1 atom stereocenters. The summed E-state index contributed by atoms with van der Waals surface area (Å²) < 4.78 is 5.51. The van der Waals surface area contributed by atoms with Crippen molar-refractivity contribution in [2.75, 3.05) is 26.2 Å². The summed E-state index contributed by atoms with van der Waals surface area (Å²) in [7, 11) is 0. The maximum atomic E-state index is 8.43. The van der Waals surface area contributed by atoms with Gasteiger partial charge in [-0.05, 0) is 32.4 Å². The third-order valence-electron chi connectivity index (χ3n) is 2.92. The van der Waals surface area contributed by atoms with Crippen LogP contribution in [0, 0.1) is 23.2 Å². The van der Waals surface area contributed by atoms with Crippen LogP contribution in [-0.2, 0) is 4.74 Å². The van der Waals surface area contributed by atoms with E-state index >= 15 is 0 Å². The highest BCUT2D eigenvalue weighted by atomic mass is 16.5. The van der Waals surface area contributed by atoms with Crippen LogP contribution in [0.3, 0.4) is 0 Å². The van der Waals surface area contributed by atoms with Crippen molar-refractivity contribution in [3.8, 4) is 17.9 Å². The minimum absolute atomic E-state index is 0.00635. The zero-order valence-electron chi connectivity index (χ0n) is 10.7. The third-order valence-corrected chi connectivity index (χ3v) is 2.92. The van der Waals surface area contributed by atoms with E-state index in [9.17, 15) is 0 Å². The maximum Gasteiger partial charge on any atom is 0.118 e. The summed E-state index contributed by atoms with van der Waals surface area (Å²) in [6.45, 7) is 5.78. The molecular formula is C14H22N2O. The summed E-state index contributed by atoms with van der Waals surface area (Å²) >= 11 is 0.